The van der Waals surface area contributed by atoms with Crippen LogP contribution in [0.15, 0.2) is 53.4 Å². The van der Waals surface area contributed by atoms with Gasteiger partial charge in [-0.1, -0.05) is 0 Å². The van der Waals surface area contributed by atoms with Crippen LogP contribution in [0.2, 0.25) is 0 Å². The highest BCUT2D eigenvalue weighted by Crippen LogP contribution is 2.29. The zero-order valence-corrected chi connectivity index (χ0v) is 15.3. The number of sulfonamides is 1. The van der Waals surface area contributed by atoms with Gasteiger partial charge in [0.15, 0.2) is 0 Å². The maximum Gasteiger partial charge on any atom is 0.416 e. The number of rotatable bonds is 6. The van der Waals surface area contributed by atoms with Gasteiger partial charge in [0, 0.05) is 11.3 Å². The van der Waals surface area contributed by atoms with Crippen LogP contribution in [0.25, 0.3) is 0 Å². The maximum absolute atomic E-state index is 12.5. The number of hydrogen-bond acceptors (Lipinski definition) is 4. The molecule has 0 fully saturated rings. The summed E-state index contributed by atoms with van der Waals surface area (Å²) in [5.74, 6) is -1.30. The van der Waals surface area contributed by atoms with Gasteiger partial charge in [0.2, 0.25) is 15.9 Å². The number of amides is 2. The Morgan fingerprint density at radius 1 is 0.964 bits per heavy atom. The molecule has 7 nitrogen and oxygen atoms in total. The van der Waals surface area contributed by atoms with E-state index in [2.05, 4.69) is 15.4 Å². The molecule has 0 aliphatic rings. The molecule has 0 spiro atoms. The third kappa shape index (κ3) is 5.54. The Bertz CT molecular complexity index is 957. The normalized spacial score (nSPS) is 11.7. The molecule has 0 radical (unpaired) electrons. The number of hydrogen-bond donors (Lipinski definition) is 3. The van der Waals surface area contributed by atoms with Crippen molar-refractivity contribution >= 4 is 27.5 Å². The van der Waals surface area contributed by atoms with Crippen molar-refractivity contribution in [2.24, 2.45) is 0 Å². The topological polar surface area (TPSA) is 104 Å². The van der Waals surface area contributed by atoms with Crippen LogP contribution in [0.4, 0.5) is 18.9 Å². The molecule has 0 saturated heterocycles. The van der Waals surface area contributed by atoms with E-state index in [4.69, 9.17) is 0 Å². The molecule has 3 N–H and O–H groups in total. The number of anilines is 1. The zero-order valence-electron chi connectivity index (χ0n) is 14.5. The van der Waals surface area contributed by atoms with Crippen molar-refractivity contribution in [3.8, 4) is 0 Å². The minimum Gasteiger partial charge on any atom is -0.343 e. The van der Waals surface area contributed by atoms with E-state index in [-0.39, 0.29) is 10.5 Å². The third-order valence-electron chi connectivity index (χ3n) is 3.60. The molecule has 2 aromatic carbocycles. The average molecular weight is 415 g/mol. The molecule has 0 aromatic heterocycles. The average Bonchev–Trinajstić information content (AvgIpc) is 2.66. The van der Waals surface area contributed by atoms with Crippen LogP contribution < -0.4 is 15.4 Å². The molecule has 2 rings (SSSR count). The molecule has 150 valence electrons. The van der Waals surface area contributed by atoms with Gasteiger partial charge in [-0.2, -0.15) is 13.2 Å². The Hall–Kier alpha value is -2.92. The molecule has 0 bridgehead atoms. The van der Waals surface area contributed by atoms with E-state index < -0.39 is 40.1 Å². The SMILES string of the molecule is CNS(=O)(=O)c1ccc(NC(=O)CNC(=O)c2ccc(C(F)(F)F)cc2)cc1. The third-order valence-corrected chi connectivity index (χ3v) is 5.03. The van der Waals surface area contributed by atoms with E-state index in [9.17, 15) is 31.2 Å². The first-order valence-corrected chi connectivity index (χ1v) is 9.30. The summed E-state index contributed by atoms with van der Waals surface area (Å²) >= 11 is 0. The van der Waals surface area contributed by atoms with Crippen LogP contribution in [0.1, 0.15) is 15.9 Å². The highest BCUT2D eigenvalue weighted by Gasteiger charge is 2.30. The summed E-state index contributed by atoms with van der Waals surface area (Å²) in [5.41, 5.74) is -0.600. The van der Waals surface area contributed by atoms with Gasteiger partial charge in [-0.3, -0.25) is 9.59 Å². The summed E-state index contributed by atoms with van der Waals surface area (Å²) in [6.45, 7) is -0.420. The molecule has 0 heterocycles. The summed E-state index contributed by atoms with van der Waals surface area (Å²) in [6.07, 6.45) is -4.50. The van der Waals surface area contributed by atoms with Gasteiger partial charge in [0.05, 0.1) is 17.0 Å². The summed E-state index contributed by atoms with van der Waals surface area (Å²) in [7, 11) is -2.33. The molecule has 28 heavy (non-hydrogen) atoms. The molecule has 0 aliphatic heterocycles. The van der Waals surface area contributed by atoms with Crippen LogP contribution in [-0.4, -0.2) is 33.8 Å². The van der Waals surface area contributed by atoms with Gasteiger partial charge < -0.3 is 10.6 Å². The lowest BCUT2D eigenvalue weighted by atomic mass is 10.1. The van der Waals surface area contributed by atoms with Crippen molar-refractivity contribution in [2.75, 3.05) is 18.9 Å². The fourth-order valence-electron chi connectivity index (χ4n) is 2.11. The van der Waals surface area contributed by atoms with Crippen molar-refractivity contribution in [2.45, 2.75) is 11.1 Å². The smallest absolute Gasteiger partial charge is 0.343 e. The first-order chi connectivity index (χ1) is 13.0. The number of halogens is 3. The lowest BCUT2D eigenvalue weighted by Crippen LogP contribution is -2.32. The number of carbonyl (C=O) groups is 2. The second kappa shape index (κ2) is 8.40. The van der Waals surface area contributed by atoms with Crippen LogP contribution in [-0.2, 0) is 21.0 Å². The quantitative estimate of drug-likeness (QED) is 0.671. The summed E-state index contributed by atoms with van der Waals surface area (Å²) < 4.78 is 62.9. The first-order valence-electron chi connectivity index (χ1n) is 7.82. The van der Waals surface area contributed by atoms with E-state index in [1.54, 1.807) is 0 Å². The molecular weight excluding hydrogens is 399 g/mol. The number of nitrogens with one attached hydrogen (secondary N) is 3. The highest BCUT2D eigenvalue weighted by atomic mass is 32.2. The van der Waals surface area contributed by atoms with Gasteiger partial charge in [-0.05, 0) is 55.6 Å². The molecule has 0 aliphatic carbocycles. The molecule has 2 aromatic rings. The molecule has 2 amide bonds. The van der Waals surface area contributed by atoms with Crippen molar-refractivity contribution in [3.05, 3.63) is 59.7 Å². The minimum atomic E-state index is -4.50. The Balaban J connectivity index is 1.91. The zero-order chi connectivity index (χ0) is 20.9. The van der Waals surface area contributed by atoms with E-state index in [1.165, 1.54) is 31.3 Å². The van der Waals surface area contributed by atoms with E-state index in [0.717, 1.165) is 24.3 Å². The van der Waals surface area contributed by atoms with E-state index >= 15 is 0 Å². The molecule has 11 heteroatoms. The second-order valence-corrected chi connectivity index (χ2v) is 7.42. The molecule has 0 atom stereocenters. The Morgan fingerprint density at radius 2 is 1.54 bits per heavy atom. The predicted molar refractivity (Wildman–Crippen MR) is 95.1 cm³/mol. The van der Waals surface area contributed by atoms with Crippen LogP contribution >= 0.6 is 0 Å². The monoisotopic (exact) mass is 415 g/mol. The van der Waals surface area contributed by atoms with E-state index in [0.29, 0.717) is 5.69 Å². The van der Waals surface area contributed by atoms with Gasteiger partial charge in [0.1, 0.15) is 0 Å². The number of alkyl halides is 3. The van der Waals surface area contributed by atoms with Crippen molar-refractivity contribution < 1.29 is 31.2 Å². The lowest BCUT2D eigenvalue weighted by molar-refractivity contribution is -0.137. The lowest BCUT2D eigenvalue weighted by Gasteiger charge is -2.09. The number of carbonyl (C=O) groups excluding carboxylic acids is 2. The minimum absolute atomic E-state index is 0.0172. The highest BCUT2D eigenvalue weighted by molar-refractivity contribution is 7.89. The van der Waals surface area contributed by atoms with Crippen molar-refractivity contribution in [1.82, 2.24) is 10.0 Å². The van der Waals surface area contributed by atoms with Gasteiger partial charge in [-0.25, -0.2) is 13.1 Å². The van der Waals surface area contributed by atoms with Crippen LogP contribution in [0.3, 0.4) is 0 Å². The van der Waals surface area contributed by atoms with Crippen LogP contribution in [0.5, 0.6) is 0 Å². The molecule has 0 saturated carbocycles. The van der Waals surface area contributed by atoms with Crippen molar-refractivity contribution in [3.63, 3.8) is 0 Å². The Kier molecular flexibility index (Phi) is 6.41. The fraction of sp³-hybridized carbons (Fsp3) is 0.176. The summed E-state index contributed by atoms with van der Waals surface area (Å²) in [6, 6.07) is 8.91. The Labute approximate surface area is 159 Å². The summed E-state index contributed by atoms with van der Waals surface area (Å²) in [4.78, 5) is 23.8. The first kappa shape index (κ1) is 21.4. The fourth-order valence-corrected chi connectivity index (χ4v) is 2.84. The predicted octanol–water partition coefficient (Wildman–Crippen LogP) is 1.98. The van der Waals surface area contributed by atoms with Gasteiger partial charge in [0.25, 0.3) is 5.91 Å². The van der Waals surface area contributed by atoms with Crippen molar-refractivity contribution in [1.29, 1.82) is 0 Å². The Morgan fingerprint density at radius 3 is 2.04 bits per heavy atom. The number of benzene rings is 2. The molecule has 0 unspecified atom stereocenters. The standard InChI is InChI=1S/C17H16F3N3O4S/c1-21-28(26,27)14-8-6-13(7-9-14)23-15(24)10-22-16(25)11-2-4-12(5-3-11)17(18,19)20/h2-9,21H,10H2,1H3,(H,22,25)(H,23,24). The second-order valence-electron chi connectivity index (χ2n) is 5.54. The van der Waals surface area contributed by atoms with E-state index in [1.807, 2.05) is 0 Å². The maximum atomic E-state index is 12.5. The summed E-state index contributed by atoms with van der Waals surface area (Å²) in [5, 5.41) is 4.74. The van der Waals surface area contributed by atoms with Gasteiger partial charge in [-0.15, -0.1) is 0 Å². The van der Waals surface area contributed by atoms with Gasteiger partial charge >= 0.3 is 6.18 Å². The largest absolute Gasteiger partial charge is 0.416 e. The van der Waals surface area contributed by atoms with Crippen LogP contribution in [0, 0.1) is 0 Å². The molecular formula is C17H16F3N3O4S.